The molecule has 2 aromatic heterocycles. The highest BCUT2D eigenvalue weighted by molar-refractivity contribution is 7.03. The summed E-state index contributed by atoms with van der Waals surface area (Å²) in [6.07, 6.45) is -4.36. The van der Waals surface area contributed by atoms with Gasteiger partial charge >= 0.3 is 6.18 Å². The molecule has 0 bridgehead atoms. The molecule has 0 aliphatic heterocycles. The van der Waals surface area contributed by atoms with Crippen LogP contribution in [0.25, 0.3) is 22.6 Å². The molecule has 0 fully saturated rings. The first-order valence-electron chi connectivity index (χ1n) is 4.88. The monoisotopic (exact) mass is 270 g/mol. The number of nitrogens with one attached hydrogen (secondary N) is 1. The van der Waals surface area contributed by atoms with Crippen LogP contribution in [-0.2, 0) is 6.18 Å². The lowest BCUT2D eigenvalue weighted by molar-refractivity contribution is -0.137. The van der Waals surface area contributed by atoms with Crippen molar-refractivity contribution in [2.24, 2.45) is 0 Å². The summed E-state index contributed by atoms with van der Waals surface area (Å²) in [6, 6.07) is 3.37. The van der Waals surface area contributed by atoms with Gasteiger partial charge in [0.2, 0.25) is 0 Å². The summed E-state index contributed by atoms with van der Waals surface area (Å²) in [5.74, 6) is 0.415. The summed E-state index contributed by atoms with van der Waals surface area (Å²) in [6.45, 7) is 0. The quantitative estimate of drug-likeness (QED) is 0.739. The Morgan fingerprint density at radius 2 is 2.06 bits per heavy atom. The van der Waals surface area contributed by atoms with Crippen LogP contribution in [0.1, 0.15) is 5.56 Å². The molecular weight excluding hydrogens is 265 g/mol. The number of aromatic amines is 1. The van der Waals surface area contributed by atoms with Crippen molar-refractivity contribution >= 4 is 22.6 Å². The van der Waals surface area contributed by atoms with Gasteiger partial charge in [0.05, 0.1) is 16.6 Å². The lowest BCUT2D eigenvalue weighted by atomic mass is 10.2. The Morgan fingerprint density at radius 1 is 1.22 bits per heavy atom. The van der Waals surface area contributed by atoms with Gasteiger partial charge in [-0.1, -0.05) is 4.49 Å². The second-order valence-corrected chi connectivity index (χ2v) is 4.22. The van der Waals surface area contributed by atoms with Crippen LogP contribution in [0.4, 0.5) is 13.2 Å². The van der Waals surface area contributed by atoms with Crippen LogP contribution in [0, 0.1) is 0 Å². The lowest BCUT2D eigenvalue weighted by Gasteiger charge is -2.05. The molecule has 0 spiro atoms. The number of alkyl halides is 3. The highest BCUT2D eigenvalue weighted by Crippen LogP contribution is 2.31. The molecule has 0 aliphatic carbocycles. The predicted octanol–water partition coefficient (Wildman–Crippen LogP) is 3.10. The first kappa shape index (κ1) is 11.1. The van der Waals surface area contributed by atoms with E-state index in [1.165, 1.54) is 6.07 Å². The van der Waals surface area contributed by atoms with Gasteiger partial charge in [0.25, 0.3) is 0 Å². The highest BCUT2D eigenvalue weighted by atomic mass is 32.1. The van der Waals surface area contributed by atoms with Crippen LogP contribution in [0.5, 0.6) is 0 Å². The van der Waals surface area contributed by atoms with E-state index in [1.807, 2.05) is 0 Å². The number of hydrogen-bond acceptors (Lipinski definition) is 4. The molecule has 0 saturated carbocycles. The second kappa shape index (κ2) is 3.77. The van der Waals surface area contributed by atoms with Crippen LogP contribution in [0.3, 0.4) is 0 Å². The number of benzene rings is 1. The number of aromatic nitrogens is 4. The molecule has 1 aromatic carbocycles. The zero-order valence-corrected chi connectivity index (χ0v) is 9.51. The Morgan fingerprint density at radius 3 is 2.72 bits per heavy atom. The maximum absolute atomic E-state index is 12.5. The summed E-state index contributed by atoms with van der Waals surface area (Å²) in [5, 5.41) is 5.47. The molecule has 0 amide bonds. The van der Waals surface area contributed by atoms with E-state index in [1.54, 1.807) is 5.38 Å². The van der Waals surface area contributed by atoms with Gasteiger partial charge in [-0.2, -0.15) is 13.2 Å². The largest absolute Gasteiger partial charge is 0.416 e. The van der Waals surface area contributed by atoms with Gasteiger partial charge in [0.1, 0.15) is 5.69 Å². The van der Waals surface area contributed by atoms with Crippen LogP contribution in [0.2, 0.25) is 0 Å². The Hall–Kier alpha value is -1.96. The molecule has 8 heteroatoms. The summed E-state index contributed by atoms with van der Waals surface area (Å²) in [7, 11) is 0. The molecule has 18 heavy (non-hydrogen) atoms. The van der Waals surface area contributed by atoms with Crippen LogP contribution < -0.4 is 0 Å². The number of H-pyrrole nitrogens is 1. The third-order valence-corrected chi connectivity index (χ3v) is 2.92. The smallest absolute Gasteiger partial charge is 0.337 e. The fourth-order valence-electron chi connectivity index (χ4n) is 1.58. The van der Waals surface area contributed by atoms with Crippen molar-refractivity contribution in [2.75, 3.05) is 0 Å². The number of halogens is 3. The van der Waals surface area contributed by atoms with Crippen LogP contribution >= 0.6 is 11.5 Å². The molecule has 0 radical (unpaired) electrons. The molecule has 2 heterocycles. The maximum Gasteiger partial charge on any atom is 0.416 e. The van der Waals surface area contributed by atoms with Crippen molar-refractivity contribution in [3.8, 4) is 11.5 Å². The third-order valence-electron chi connectivity index (χ3n) is 2.41. The molecular formula is C10H5F3N4S. The molecule has 0 saturated heterocycles. The van der Waals surface area contributed by atoms with E-state index in [0.29, 0.717) is 22.6 Å². The van der Waals surface area contributed by atoms with Gasteiger partial charge in [-0.3, -0.25) is 0 Å². The van der Waals surface area contributed by atoms with Crippen molar-refractivity contribution in [1.29, 1.82) is 0 Å². The lowest BCUT2D eigenvalue weighted by Crippen LogP contribution is -2.04. The minimum Gasteiger partial charge on any atom is -0.337 e. The number of imidazole rings is 1. The molecule has 0 atom stereocenters. The van der Waals surface area contributed by atoms with Gasteiger partial charge in [-0.15, -0.1) is 5.10 Å². The molecule has 3 rings (SSSR count). The summed E-state index contributed by atoms with van der Waals surface area (Å²) in [4.78, 5) is 6.96. The number of fused-ring (bicyclic) bond motifs is 1. The van der Waals surface area contributed by atoms with Gasteiger partial charge in [0, 0.05) is 5.38 Å². The van der Waals surface area contributed by atoms with E-state index in [-0.39, 0.29) is 0 Å². The number of hydrogen-bond donors (Lipinski definition) is 1. The SMILES string of the molecule is FC(F)(F)c1ccc2nc(-c3csnn3)[nH]c2c1. The molecule has 1 N–H and O–H groups in total. The van der Waals surface area contributed by atoms with Crippen LogP contribution in [0.15, 0.2) is 23.6 Å². The Balaban J connectivity index is 2.13. The Labute approximate surface area is 103 Å². The van der Waals surface area contributed by atoms with E-state index in [2.05, 4.69) is 19.6 Å². The molecule has 3 aromatic rings. The third kappa shape index (κ3) is 1.84. The topological polar surface area (TPSA) is 54.5 Å². The van der Waals surface area contributed by atoms with E-state index in [9.17, 15) is 13.2 Å². The highest BCUT2D eigenvalue weighted by Gasteiger charge is 2.30. The van der Waals surface area contributed by atoms with Crippen molar-refractivity contribution < 1.29 is 13.2 Å². The molecule has 92 valence electrons. The Kier molecular flexibility index (Phi) is 2.34. The maximum atomic E-state index is 12.5. The molecule has 4 nitrogen and oxygen atoms in total. The normalized spacial score (nSPS) is 12.2. The van der Waals surface area contributed by atoms with E-state index >= 15 is 0 Å². The second-order valence-electron chi connectivity index (χ2n) is 3.61. The van der Waals surface area contributed by atoms with E-state index in [0.717, 1.165) is 23.7 Å². The fourth-order valence-corrected chi connectivity index (χ4v) is 2.02. The minimum atomic E-state index is -4.36. The standard InChI is InChI=1S/C10H5F3N4S/c11-10(12,13)5-1-2-6-7(3-5)15-9(14-6)8-4-18-17-16-8/h1-4H,(H,14,15). The van der Waals surface area contributed by atoms with Gasteiger partial charge in [-0.25, -0.2) is 4.98 Å². The number of nitrogens with zero attached hydrogens (tertiary/aromatic N) is 3. The van der Waals surface area contributed by atoms with Crippen molar-refractivity contribution in [1.82, 2.24) is 19.6 Å². The molecule has 0 aliphatic rings. The average Bonchev–Trinajstić information content (AvgIpc) is 2.95. The van der Waals surface area contributed by atoms with E-state index < -0.39 is 11.7 Å². The van der Waals surface area contributed by atoms with Gasteiger partial charge in [-0.05, 0) is 29.7 Å². The van der Waals surface area contributed by atoms with Gasteiger partial charge in [0.15, 0.2) is 5.82 Å². The van der Waals surface area contributed by atoms with Crippen LogP contribution in [-0.4, -0.2) is 19.6 Å². The Bertz CT molecular complexity index is 687. The summed E-state index contributed by atoms with van der Waals surface area (Å²) in [5.41, 5.74) is 0.602. The predicted molar refractivity (Wildman–Crippen MR) is 60.0 cm³/mol. The molecule has 0 unspecified atom stereocenters. The van der Waals surface area contributed by atoms with Gasteiger partial charge < -0.3 is 4.98 Å². The average molecular weight is 270 g/mol. The fraction of sp³-hybridized carbons (Fsp3) is 0.100. The zero-order valence-electron chi connectivity index (χ0n) is 8.69. The first-order chi connectivity index (χ1) is 8.54. The minimum absolute atomic E-state index is 0.327. The van der Waals surface area contributed by atoms with Crippen molar-refractivity contribution in [2.45, 2.75) is 6.18 Å². The summed E-state index contributed by atoms with van der Waals surface area (Å²) >= 11 is 1.15. The van der Waals surface area contributed by atoms with E-state index in [4.69, 9.17) is 0 Å². The number of rotatable bonds is 1. The zero-order chi connectivity index (χ0) is 12.8. The summed E-state index contributed by atoms with van der Waals surface area (Å²) < 4.78 is 41.3. The van der Waals surface area contributed by atoms with Crippen molar-refractivity contribution in [3.63, 3.8) is 0 Å². The first-order valence-corrected chi connectivity index (χ1v) is 5.72. The van der Waals surface area contributed by atoms with Crippen molar-refractivity contribution in [3.05, 3.63) is 29.1 Å².